The molecular weight excluding hydrogens is 458 g/mol. The van der Waals surface area contributed by atoms with Gasteiger partial charge in [-0.25, -0.2) is 0 Å². The van der Waals surface area contributed by atoms with E-state index in [0.717, 1.165) is 22.9 Å². The normalized spacial score (nSPS) is 14.2. The summed E-state index contributed by atoms with van der Waals surface area (Å²) in [7, 11) is -2.26. The van der Waals surface area contributed by atoms with Crippen molar-refractivity contribution in [2.24, 2.45) is 4.40 Å². The average Bonchev–Trinajstić information content (AvgIpc) is 2.84. The Morgan fingerprint density at radius 2 is 1.73 bits per heavy atom. The second kappa shape index (κ2) is 10.1. The third-order valence-electron chi connectivity index (χ3n) is 5.00. The van der Waals surface area contributed by atoms with E-state index in [1.54, 1.807) is 31.4 Å². The Morgan fingerprint density at radius 3 is 2.52 bits per heavy atom. The Labute approximate surface area is 197 Å². The lowest BCUT2D eigenvalue weighted by molar-refractivity contribution is -0.118. The van der Waals surface area contributed by atoms with Gasteiger partial charge in [-0.2, -0.15) is 8.42 Å². The Morgan fingerprint density at radius 1 is 1.00 bits per heavy atom. The molecule has 0 saturated heterocycles. The molecule has 0 atom stereocenters. The molecule has 0 fully saturated rings. The molecule has 0 saturated carbocycles. The molecule has 0 bridgehead atoms. The maximum Gasteiger partial charge on any atom is 0.286 e. The molecule has 1 N–H and O–H groups in total. The van der Waals surface area contributed by atoms with Crippen molar-refractivity contribution in [3.63, 3.8) is 0 Å². The molecule has 0 radical (unpaired) electrons. The van der Waals surface area contributed by atoms with Gasteiger partial charge in [-0.1, -0.05) is 66.4 Å². The number of carbonyl (C=O) groups is 1. The molecule has 0 aromatic heterocycles. The van der Waals surface area contributed by atoms with Crippen LogP contribution in [0.5, 0.6) is 5.75 Å². The fraction of sp³-hybridized carbons (Fsp3) is 0.167. The molecular formula is C24H23N3O4S2. The second-order valence-corrected chi connectivity index (χ2v) is 9.82. The molecule has 1 amide bonds. The number of hydrogen-bond donors (Lipinski definition) is 1. The highest BCUT2D eigenvalue weighted by Gasteiger charge is 2.31. The summed E-state index contributed by atoms with van der Waals surface area (Å²) in [5.74, 6) is 0.528. The van der Waals surface area contributed by atoms with E-state index in [-0.39, 0.29) is 21.7 Å². The molecule has 9 heteroatoms. The maximum atomic E-state index is 12.8. The van der Waals surface area contributed by atoms with Crippen molar-refractivity contribution in [1.29, 1.82) is 0 Å². The van der Waals surface area contributed by atoms with Gasteiger partial charge < -0.3 is 15.0 Å². The van der Waals surface area contributed by atoms with Gasteiger partial charge in [0.25, 0.3) is 10.0 Å². The summed E-state index contributed by atoms with van der Waals surface area (Å²) in [6, 6.07) is 23.9. The molecule has 3 aromatic carbocycles. The van der Waals surface area contributed by atoms with E-state index in [2.05, 4.69) is 9.71 Å². The van der Waals surface area contributed by atoms with Crippen LogP contribution in [0.1, 0.15) is 11.1 Å². The first-order chi connectivity index (χ1) is 16.0. The first-order valence-corrected chi connectivity index (χ1v) is 12.7. The van der Waals surface area contributed by atoms with E-state index >= 15 is 0 Å². The fourth-order valence-electron chi connectivity index (χ4n) is 3.39. The Balaban J connectivity index is 1.49. The number of hydrogen-bond acceptors (Lipinski definition) is 6. The number of rotatable bonds is 7. The van der Waals surface area contributed by atoms with Gasteiger partial charge in [-0.05, 0) is 35.4 Å². The predicted octanol–water partition coefficient (Wildman–Crippen LogP) is 3.81. The van der Waals surface area contributed by atoms with Gasteiger partial charge in [-0.3, -0.25) is 4.79 Å². The molecule has 0 spiro atoms. The molecule has 1 aliphatic heterocycles. The lowest BCUT2D eigenvalue weighted by atomic mass is 10.2. The molecule has 7 nitrogen and oxygen atoms in total. The van der Waals surface area contributed by atoms with Crippen LogP contribution in [0, 0.1) is 0 Å². The lowest BCUT2D eigenvalue weighted by Gasteiger charge is -2.30. The van der Waals surface area contributed by atoms with Crippen molar-refractivity contribution in [2.75, 3.05) is 17.8 Å². The summed E-state index contributed by atoms with van der Waals surface area (Å²) in [6.45, 7) is 0.780. The first-order valence-electron chi connectivity index (χ1n) is 10.2. The Bertz CT molecular complexity index is 1280. The van der Waals surface area contributed by atoms with Crippen LogP contribution in [0.25, 0.3) is 0 Å². The van der Waals surface area contributed by atoms with E-state index in [9.17, 15) is 13.2 Å². The molecule has 1 heterocycles. The second-order valence-electron chi connectivity index (χ2n) is 7.31. The highest BCUT2D eigenvalue weighted by atomic mass is 32.2. The van der Waals surface area contributed by atoms with Crippen LogP contribution in [-0.4, -0.2) is 32.4 Å². The number of amidine groups is 1. The molecule has 1 aliphatic rings. The smallest absolute Gasteiger partial charge is 0.286 e. The molecule has 33 heavy (non-hydrogen) atoms. The van der Waals surface area contributed by atoms with Crippen molar-refractivity contribution in [3.05, 3.63) is 90.0 Å². The number of nitrogens with zero attached hydrogens (tertiary/aromatic N) is 2. The monoisotopic (exact) mass is 481 g/mol. The van der Waals surface area contributed by atoms with Crippen LogP contribution < -0.4 is 15.0 Å². The van der Waals surface area contributed by atoms with Crippen molar-refractivity contribution in [3.8, 4) is 5.75 Å². The van der Waals surface area contributed by atoms with Gasteiger partial charge in [0, 0.05) is 6.54 Å². The quantitative estimate of drug-likeness (QED) is 0.552. The van der Waals surface area contributed by atoms with Crippen LogP contribution in [0.2, 0.25) is 0 Å². The van der Waals surface area contributed by atoms with E-state index in [1.165, 1.54) is 0 Å². The number of sulfonamides is 1. The van der Waals surface area contributed by atoms with E-state index in [1.807, 2.05) is 59.5 Å². The molecule has 0 unspecified atom stereocenters. The number of carbonyl (C=O) groups excluding carboxylic acids is 1. The number of nitrogens with one attached hydrogen (secondary N) is 1. The van der Waals surface area contributed by atoms with Crippen LogP contribution >= 0.6 is 11.8 Å². The third kappa shape index (κ3) is 5.55. The van der Waals surface area contributed by atoms with Crippen molar-refractivity contribution in [2.45, 2.75) is 18.0 Å². The average molecular weight is 482 g/mol. The maximum absolute atomic E-state index is 12.8. The topological polar surface area (TPSA) is 88.1 Å². The van der Waals surface area contributed by atoms with E-state index in [0.29, 0.717) is 24.5 Å². The van der Waals surface area contributed by atoms with E-state index in [4.69, 9.17) is 4.74 Å². The molecule has 3 aromatic rings. The summed E-state index contributed by atoms with van der Waals surface area (Å²) >= 11 is 1.10. The number of benzene rings is 3. The van der Waals surface area contributed by atoms with Gasteiger partial charge in [0.15, 0.2) is 5.17 Å². The Hall–Kier alpha value is -3.30. The summed E-state index contributed by atoms with van der Waals surface area (Å²) in [5, 5.41) is 3.13. The number of fused-ring (bicyclic) bond motifs is 1. The van der Waals surface area contributed by atoms with Crippen LogP contribution in [-0.2, 0) is 27.9 Å². The Kier molecular flexibility index (Phi) is 7.00. The van der Waals surface area contributed by atoms with Gasteiger partial charge in [0.05, 0.1) is 25.1 Å². The zero-order chi connectivity index (χ0) is 23.3. The summed E-state index contributed by atoms with van der Waals surface area (Å²) < 4.78 is 34.7. The SMILES string of the molecule is COc1cccc(CNC(=O)CSC2=NS(=O)(=O)c3ccccc3N2Cc2ccccc2)c1. The minimum Gasteiger partial charge on any atom is -0.497 e. The van der Waals surface area contributed by atoms with Crippen molar-refractivity contribution < 1.29 is 17.9 Å². The van der Waals surface area contributed by atoms with E-state index < -0.39 is 10.0 Å². The number of ether oxygens (including phenoxy) is 1. The summed E-state index contributed by atoms with van der Waals surface area (Å²) in [6.07, 6.45) is 0. The summed E-state index contributed by atoms with van der Waals surface area (Å²) in [5.41, 5.74) is 2.46. The van der Waals surface area contributed by atoms with Gasteiger partial charge in [0.1, 0.15) is 10.6 Å². The van der Waals surface area contributed by atoms with Gasteiger partial charge >= 0.3 is 0 Å². The number of amides is 1. The van der Waals surface area contributed by atoms with Gasteiger partial charge in [-0.15, -0.1) is 4.40 Å². The number of anilines is 1. The predicted molar refractivity (Wildman–Crippen MR) is 131 cm³/mol. The standard InChI is InChI=1S/C24H23N3O4S2/c1-31-20-11-7-10-19(14-20)15-25-23(28)17-32-24-26-33(29,30)22-13-6-5-12-21(22)27(24)16-18-8-3-2-4-9-18/h2-14H,15-17H2,1H3,(H,25,28). The fourth-order valence-corrected chi connectivity index (χ4v) is 5.67. The van der Waals surface area contributed by atoms with Crippen LogP contribution in [0.15, 0.2) is 88.2 Å². The first kappa shape index (κ1) is 22.9. The third-order valence-corrected chi connectivity index (χ3v) is 7.41. The zero-order valence-electron chi connectivity index (χ0n) is 18.0. The number of methoxy groups -OCH3 is 1. The lowest BCUT2D eigenvalue weighted by Crippen LogP contribution is -2.35. The van der Waals surface area contributed by atoms with Crippen LogP contribution in [0.3, 0.4) is 0 Å². The molecule has 170 valence electrons. The minimum atomic E-state index is -3.85. The molecule has 4 rings (SSSR count). The largest absolute Gasteiger partial charge is 0.497 e. The molecule has 0 aliphatic carbocycles. The van der Waals surface area contributed by atoms with Crippen molar-refractivity contribution >= 4 is 38.5 Å². The summed E-state index contributed by atoms with van der Waals surface area (Å²) in [4.78, 5) is 14.5. The highest BCUT2D eigenvalue weighted by Crippen LogP contribution is 2.35. The minimum absolute atomic E-state index is 0.0335. The van der Waals surface area contributed by atoms with Crippen LogP contribution in [0.4, 0.5) is 5.69 Å². The number of para-hydroxylation sites is 1. The number of thioether (sulfide) groups is 1. The zero-order valence-corrected chi connectivity index (χ0v) is 19.6. The van der Waals surface area contributed by atoms with Gasteiger partial charge in [0.2, 0.25) is 5.91 Å². The highest BCUT2D eigenvalue weighted by molar-refractivity contribution is 8.15. The van der Waals surface area contributed by atoms with Crippen molar-refractivity contribution in [1.82, 2.24) is 5.32 Å².